The van der Waals surface area contributed by atoms with Crippen LogP contribution in [-0.2, 0) is 14.8 Å². The second-order valence-corrected chi connectivity index (χ2v) is 10.9. The van der Waals surface area contributed by atoms with Crippen LogP contribution in [0.3, 0.4) is 0 Å². The summed E-state index contributed by atoms with van der Waals surface area (Å²) in [6.07, 6.45) is 1.29. The van der Waals surface area contributed by atoms with Crippen molar-refractivity contribution in [3.8, 4) is 17.1 Å². The third-order valence-corrected chi connectivity index (χ3v) is 7.84. The normalized spacial score (nSPS) is 11.5. The maximum absolute atomic E-state index is 13.4. The fraction of sp³-hybridized carbons (Fsp3) is 0.0769. The van der Waals surface area contributed by atoms with Crippen LogP contribution >= 0.6 is 34.8 Å². The molecule has 0 aliphatic heterocycles. The molecule has 4 rings (SSSR count). The Kier molecular flexibility index (Phi) is 8.63. The molecule has 0 spiro atoms. The zero-order valence-electron chi connectivity index (χ0n) is 19.8. The monoisotopic (exact) mass is 591 g/mol. The van der Waals surface area contributed by atoms with Crippen molar-refractivity contribution in [3.63, 3.8) is 0 Å². The van der Waals surface area contributed by atoms with Crippen molar-refractivity contribution in [1.29, 1.82) is 0 Å². The molecule has 8 nitrogen and oxygen atoms in total. The molecule has 1 heterocycles. The number of rotatable bonds is 9. The number of anilines is 1. The minimum atomic E-state index is -4.12. The summed E-state index contributed by atoms with van der Waals surface area (Å²) in [4.78, 5) is 12.7. The van der Waals surface area contributed by atoms with E-state index in [1.807, 2.05) is 0 Å². The number of furan rings is 1. The maximum Gasteiger partial charge on any atom is 0.264 e. The van der Waals surface area contributed by atoms with Gasteiger partial charge < -0.3 is 9.15 Å². The van der Waals surface area contributed by atoms with Crippen LogP contribution in [0.2, 0.25) is 15.1 Å². The number of nitrogens with one attached hydrogen (secondary N) is 1. The molecule has 0 unspecified atom stereocenters. The van der Waals surface area contributed by atoms with Gasteiger partial charge in [-0.3, -0.25) is 9.10 Å². The predicted octanol–water partition coefficient (Wildman–Crippen LogP) is 6.26. The van der Waals surface area contributed by atoms with E-state index in [-0.39, 0.29) is 10.6 Å². The van der Waals surface area contributed by atoms with Gasteiger partial charge in [0.15, 0.2) is 0 Å². The van der Waals surface area contributed by atoms with Crippen LogP contribution in [0.5, 0.6) is 5.75 Å². The average Bonchev–Trinajstić information content (AvgIpc) is 3.36. The lowest BCUT2D eigenvalue weighted by molar-refractivity contribution is -0.119. The summed E-state index contributed by atoms with van der Waals surface area (Å²) in [6.45, 7) is -0.545. The summed E-state index contributed by atoms with van der Waals surface area (Å²) in [5.41, 5.74) is 3.22. The molecule has 12 heteroatoms. The second-order valence-electron chi connectivity index (χ2n) is 7.78. The van der Waals surface area contributed by atoms with Crippen molar-refractivity contribution in [1.82, 2.24) is 5.43 Å². The number of nitrogens with zero attached hydrogens (tertiary/aromatic N) is 2. The van der Waals surface area contributed by atoms with E-state index in [4.69, 9.17) is 44.0 Å². The molecule has 0 aliphatic rings. The molecule has 0 radical (unpaired) electrons. The van der Waals surface area contributed by atoms with E-state index in [1.165, 1.54) is 61.9 Å². The van der Waals surface area contributed by atoms with Gasteiger partial charge in [-0.2, -0.15) is 5.10 Å². The SMILES string of the molecule is COc1ccc(S(=O)(=O)N(CC(=O)N/N=C\c2ccc(-c3ccc(Cl)cc3Cl)o2)c2ccc(Cl)cc2)cc1. The molecular formula is C26H20Cl3N3O5S. The highest BCUT2D eigenvalue weighted by Crippen LogP contribution is 2.31. The molecular weight excluding hydrogens is 573 g/mol. The lowest BCUT2D eigenvalue weighted by atomic mass is 10.2. The minimum Gasteiger partial charge on any atom is -0.497 e. The number of hydrogen-bond acceptors (Lipinski definition) is 6. The van der Waals surface area contributed by atoms with Crippen molar-refractivity contribution in [2.24, 2.45) is 5.10 Å². The van der Waals surface area contributed by atoms with Gasteiger partial charge in [-0.05, 0) is 78.9 Å². The summed E-state index contributed by atoms with van der Waals surface area (Å²) in [5.74, 6) is 0.639. The van der Waals surface area contributed by atoms with Crippen molar-refractivity contribution in [3.05, 3.63) is 99.7 Å². The Morgan fingerprint density at radius 2 is 1.66 bits per heavy atom. The summed E-state index contributed by atoms with van der Waals surface area (Å²) in [6, 6.07) is 20.3. The van der Waals surface area contributed by atoms with E-state index in [0.717, 1.165) is 4.31 Å². The van der Waals surface area contributed by atoms with Crippen molar-refractivity contribution in [2.75, 3.05) is 18.0 Å². The number of sulfonamides is 1. The quantitative estimate of drug-likeness (QED) is 0.183. The summed E-state index contributed by atoms with van der Waals surface area (Å²) in [7, 11) is -2.64. The highest BCUT2D eigenvalue weighted by molar-refractivity contribution is 7.92. The molecule has 4 aromatic rings. The van der Waals surface area contributed by atoms with Gasteiger partial charge in [-0.25, -0.2) is 13.8 Å². The van der Waals surface area contributed by atoms with Gasteiger partial charge in [0.25, 0.3) is 15.9 Å². The number of carbonyl (C=O) groups is 1. The van der Waals surface area contributed by atoms with E-state index in [1.54, 1.807) is 30.3 Å². The van der Waals surface area contributed by atoms with Crippen LogP contribution in [-0.4, -0.2) is 34.2 Å². The fourth-order valence-electron chi connectivity index (χ4n) is 3.39. The van der Waals surface area contributed by atoms with Crippen LogP contribution in [0.15, 0.2) is 93.3 Å². The molecule has 0 bridgehead atoms. The lowest BCUT2D eigenvalue weighted by Gasteiger charge is -2.23. The van der Waals surface area contributed by atoms with Gasteiger partial charge in [0.1, 0.15) is 23.8 Å². The molecule has 196 valence electrons. The minimum absolute atomic E-state index is 0.0199. The van der Waals surface area contributed by atoms with Crippen LogP contribution < -0.4 is 14.5 Å². The number of ether oxygens (including phenoxy) is 1. The average molecular weight is 593 g/mol. The first-order valence-electron chi connectivity index (χ1n) is 11.0. The number of hydrazone groups is 1. The zero-order valence-corrected chi connectivity index (χ0v) is 22.9. The highest BCUT2D eigenvalue weighted by Gasteiger charge is 2.27. The number of hydrogen-bond donors (Lipinski definition) is 1. The van der Waals surface area contributed by atoms with Crippen molar-refractivity contribution in [2.45, 2.75) is 4.90 Å². The molecule has 0 aliphatic carbocycles. The van der Waals surface area contributed by atoms with Gasteiger partial charge in [-0.1, -0.05) is 34.8 Å². The molecule has 38 heavy (non-hydrogen) atoms. The number of amides is 1. The standard InChI is InChI=1S/C26H20Cl3N3O5S/c1-36-20-7-10-22(11-8-20)38(34,35)32(19-5-2-17(27)3-6-19)16-26(33)31-30-15-21-9-13-25(37-21)23-12-4-18(28)14-24(23)29/h2-15H,16H2,1H3,(H,31,33)/b30-15-. The number of benzene rings is 3. The van der Waals surface area contributed by atoms with Crippen molar-refractivity contribution < 1.29 is 22.4 Å². The summed E-state index contributed by atoms with van der Waals surface area (Å²) in [5, 5.41) is 5.23. The number of carbonyl (C=O) groups excluding carboxylic acids is 1. The van der Waals surface area contributed by atoms with Gasteiger partial charge in [0.05, 0.1) is 28.9 Å². The van der Waals surface area contributed by atoms with E-state index in [0.29, 0.717) is 37.9 Å². The Labute approximate surface area is 234 Å². The highest BCUT2D eigenvalue weighted by atomic mass is 35.5. The third-order valence-electron chi connectivity index (χ3n) is 5.25. The van der Waals surface area contributed by atoms with Crippen molar-refractivity contribution >= 4 is 62.6 Å². The number of halogens is 3. The van der Waals surface area contributed by atoms with Crippen LogP contribution in [0.25, 0.3) is 11.3 Å². The maximum atomic E-state index is 13.4. The molecule has 1 amide bonds. The van der Waals surface area contributed by atoms with Gasteiger partial charge >= 0.3 is 0 Å². The molecule has 0 fully saturated rings. The third kappa shape index (κ3) is 6.49. The smallest absolute Gasteiger partial charge is 0.264 e. The van der Waals surface area contributed by atoms with Crippen LogP contribution in [0.4, 0.5) is 5.69 Å². The Morgan fingerprint density at radius 1 is 0.974 bits per heavy atom. The first-order valence-corrected chi connectivity index (χ1v) is 13.5. The molecule has 1 aromatic heterocycles. The Morgan fingerprint density at radius 3 is 2.32 bits per heavy atom. The van der Waals surface area contributed by atoms with E-state index in [9.17, 15) is 13.2 Å². The van der Waals surface area contributed by atoms with Gasteiger partial charge in [-0.15, -0.1) is 0 Å². The van der Waals surface area contributed by atoms with E-state index >= 15 is 0 Å². The van der Waals surface area contributed by atoms with E-state index in [2.05, 4.69) is 10.5 Å². The summed E-state index contributed by atoms with van der Waals surface area (Å²) < 4.78 is 38.6. The molecule has 0 saturated heterocycles. The molecule has 0 atom stereocenters. The Balaban J connectivity index is 1.50. The molecule has 3 aromatic carbocycles. The first-order chi connectivity index (χ1) is 18.2. The first kappa shape index (κ1) is 27.5. The Bertz CT molecular complexity index is 1570. The predicted molar refractivity (Wildman–Crippen MR) is 149 cm³/mol. The lowest BCUT2D eigenvalue weighted by Crippen LogP contribution is -2.39. The van der Waals surface area contributed by atoms with Gasteiger partial charge in [0, 0.05) is 15.6 Å². The largest absolute Gasteiger partial charge is 0.497 e. The topological polar surface area (TPSA) is 101 Å². The van der Waals surface area contributed by atoms with Crippen LogP contribution in [0, 0.1) is 0 Å². The second kappa shape index (κ2) is 11.9. The Hall–Kier alpha value is -3.50. The van der Waals surface area contributed by atoms with Gasteiger partial charge in [0.2, 0.25) is 0 Å². The van der Waals surface area contributed by atoms with Crippen LogP contribution in [0.1, 0.15) is 5.76 Å². The molecule has 0 saturated carbocycles. The van der Waals surface area contributed by atoms with E-state index < -0.39 is 22.5 Å². The molecule has 1 N–H and O–H groups in total. The zero-order chi connectivity index (χ0) is 27.3. The number of methoxy groups -OCH3 is 1. The fourth-order valence-corrected chi connectivity index (χ4v) is 5.44. The summed E-state index contributed by atoms with van der Waals surface area (Å²) >= 11 is 18.1.